The van der Waals surface area contributed by atoms with E-state index in [0.29, 0.717) is 13.0 Å². The third-order valence-electron chi connectivity index (χ3n) is 5.95. The summed E-state index contributed by atoms with van der Waals surface area (Å²) in [6, 6.07) is 11.7. The van der Waals surface area contributed by atoms with E-state index in [1.165, 1.54) is 31.1 Å². The largest absolute Gasteiger partial charge is 0.354 e. The molecule has 0 saturated carbocycles. The predicted octanol–water partition coefficient (Wildman–Crippen LogP) is 3.47. The van der Waals surface area contributed by atoms with Crippen molar-refractivity contribution in [2.75, 3.05) is 31.5 Å². The molecule has 2 aromatic rings. The Morgan fingerprint density at radius 3 is 2.22 bits per heavy atom. The summed E-state index contributed by atoms with van der Waals surface area (Å²) in [5.41, 5.74) is 1.96. The molecule has 10 heteroatoms. The molecule has 0 aliphatic rings. The van der Waals surface area contributed by atoms with Crippen LogP contribution in [-0.4, -0.2) is 62.7 Å². The second-order valence-electron chi connectivity index (χ2n) is 8.79. The van der Waals surface area contributed by atoms with E-state index in [1.807, 2.05) is 45.0 Å². The molecule has 2 aromatic carbocycles. The van der Waals surface area contributed by atoms with E-state index in [1.54, 1.807) is 0 Å². The average molecular weight is 521 g/mol. The van der Waals surface area contributed by atoms with Gasteiger partial charge in [-0.25, -0.2) is 8.70 Å². The number of carbonyl (C=O) groups is 2. The minimum absolute atomic E-state index is 0.143. The Bertz CT molecular complexity index is 1120. The lowest BCUT2D eigenvalue weighted by Crippen LogP contribution is -2.53. The van der Waals surface area contributed by atoms with Crippen LogP contribution in [0.2, 0.25) is 0 Å². The fraction of sp³-hybridized carbons (Fsp3) is 0.462. The van der Waals surface area contributed by atoms with Crippen LogP contribution >= 0.6 is 0 Å². The van der Waals surface area contributed by atoms with Gasteiger partial charge in [0.1, 0.15) is 18.4 Å². The van der Waals surface area contributed by atoms with Crippen molar-refractivity contribution >= 4 is 27.7 Å². The summed E-state index contributed by atoms with van der Waals surface area (Å²) >= 11 is 0. The fourth-order valence-electron chi connectivity index (χ4n) is 3.72. The third kappa shape index (κ3) is 7.51. The van der Waals surface area contributed by atoms with Crippen LogP contribution in [0, 0.1) is 12.7 Å². The number of hydrogen-bond acceptors (Lipinski definition) is 4. The van der Waals surface area contributed by atoms with Crippen molar-refractivity contribution in [2.24, 2.45) is 0 Å². The van der Waals surface area contributed by atoms with Gasteiger partial charge in [-0.2, -0.15) is 12.7 Å². The molecule has 0 fully saturated rings. The van der Waals surface area contributed by atoms with Crippen molar-refractivity contribution in [2.45, 2.75) is 52.6 Å². The zero-order chi connectivity index (χ0) is 26.9. The Hall–Kier alpha value is -2.98. The van der Waals surface area contributed by atoms with E-state index >= 15 is 0 Å². The van der Waals surface area contributed by atoms with Crippen LogP contribution in [0.25, 0.3) is 0 Å². The van der Waals surface area contributed by atoms with E-state index < -0.39 is 34.5 Å². The number of nitrogens with zero attached hydrogens (tertiary/aromatic N) is 3. The van der Waals surface area contributed by atoms with Crippen molar-refractivity contribution in [3.05, 3.63) is 65.5 Å². The molecule has 198 valence electrons. The van der Waals surface area contributed by atoms with Gasteiger partial charge >= 0.3 is 10.2 Å². The van der Waals surface area contributed by atoms with Gasteiger partial charge in [-0.3, -0.25) is 9.59 Å². The monoisotopic (exact) mass is 520 g/mol. The summed E-state index contributed by atoms with van der Waals surface area (Å²) in [6.45, 7) is 5.85. The van der Waals surface area contributed by atoms with Crippen molar-refractivity contribution in [1.82, 2.24) is 14.5 Å². The molecule has 0 spiro atoms. The number of hydrogen-bond donors (Lipinski definition) is 1. The average Bonchev–Trinajstić information content (AvgIpc) is 2.84. The molecule has 2 rings (SSSR count). The van der Waals surface area contributed by atoms with E-state index in [4.69, 9.17) is 0 Å². The Morgan fingerprint density at radius 2 is 1.67 bits per heavy atom. The highest BCUT2D eigenvalue weighted by Crippen LogP contribution is 2.22. The molecule has 36 heavy (non-hydrogen) atoms. The summed E-state index contributed by atoms with van der Waals surface area (Å²) in [7, 11) is -1.37. The molecule has 0 aliphatic heterocycles. The molecular weight excluding hydrogens is 483 g/mol. The van der Waals surface area contributed by atoms with Gasteiger partial charge in [0.15, 0.2) is 0 Å². The smallest absolute Gasteiger partial charge is 0.304 e. The minimum Gasteiger partial charge on any atom is -0.354 e. The molecular formula is C26H37FN4O4S. The first kappa shape index (κ1) is 29.3. The summed E-state index contributed by atoms with van der Waals surface area (Å²) in [5.74, 6) is -1.34. The SMILES string of the molecule is CCCCNC(=O)C(CC)N(Cc1ccccc1C)C(=O)CN(c1ccc(F)cc1)S(=O)(=O)N(C)C. The number of amides is 2. The summed E-state index contributed by atoms with van der Waals surface area (Å²) in [5, 5.41) is 2.90. The highest BCUT2D eigenvalue weighted by atomic mass is 32.2. The second kappa shape index (κ2) is 13.4. The van der Waals surface area contributed by atoms with E-state index in [2.05, 4.69) is 5.32 Å². The van der Waals surface area contributed by atoms with Crippen LogP contribution in [0.4, 0.5) is 10.1 Å². The summed E-state index contributed by atoms with van der Waals surface area (Å²) < 4.78 is 41.8. The Labute approximate surface area is 214 Å². The number of rotatable bonds is 13. The van der Waals surface area contributed by atoms with Gasteiger partial charge in [0.05, 0.1) is 5.69 Å². The quantitative estimate of drug-likeness (QED) is 0.410. The maximum absolute atomic E-state index is 13.8. The standard InChI is InChI=1S/C26H37FN4O4S/c1-6-8-17-28-26(33)24(7-2)30(18-21-12-10-9-11-20(21)3)25(32)19-31(36(34,35)29(4)5)23-15-13-22(27)14-16-23/h9-16,24H,6-8,17-19H2,1-5H3,(H,28,33). The Balaban J connectivity index is 2.47. The predicted molar refractivity (Wildman–Crippen MR) is 140 cm³/mol. The van der Waals surface area contributed by atoms with Gasteiger partial charge in [-0.05, 0) is 55.2 Å². The lowest BCUT2D eigenvalue weighted by atomic mass is 10.1. The molecule has 1 atom stereocenters. The number of aryl methyl sites for hydroxylation is 1. The van der Waals surface area contributed by atoms with Gasteiger partial charge in [0.25, 0.3) is 0 Å². The molecule has 1 unspecified atom stereocenters. The molecule has 0 aromatic heterocycles. The molecule has 2 amide bonds. The van der Waals surface area contributed by atoms with E-state index in [9.17, 15) is 22.4 Å². The number of nitrogens with one attached hydrogen (secondary N) is 1. The van der Waals surface area contributed by atoms with Gasteiger partial charge in [-0.15, -0.1) is 0 Å². The molecule has 0 saturated heterocycles. The second-order valence-corrected chi connectivity index (χ2v) is 10.9. The zero-order valence-electron chi connectivity index (χ0n) is 21.7. The Kier molecular flexibility index (Phi) is 10.9. The third-order valence-corrected chi connectivity index (χ3v) is 7.77. The first-order valence-electron chi connectivity index (χ1n) is 12.1. The Morgan fingerprint density at radius 1 is 1.03 bits per heavy atom. The van der Waals surface area contributed by atoms with Crippen LogP contribution in [0.1, 0.15) is 44.2 Å². The highest BCUT2D eigenvalue weighted by molar-refractivity contribution is 7.90. The summed E-state index contributed by atoms with van der Waals surface area (Å²) in [6.07, 6.45) is 2.08. The fourth-order valence-corrected chi connectivity index (χ4v) is 4.78. The number of carbonyl (C=O) groups excluding carboxylic acids is 2. The van der Waals surface area contributed by atoms with Gasteiger partial charge in [0, 0.05) is 27.2 Å². The van der Waals surface area contributed by atoms with E-state index in [0.717, 1.165) is 44.7 Å². The van der Waals surface area contributed by atoms with E-state index in [-0.39, 0.29) is 18.1 Å². The van der Waals surface area contributed by atoms with Gasteiger partial charge in [0.2, 0.25) is 11.8 Å². The minimum atomic E-state index is -4.09. The number of anilines is 1. The molecule has 1 N–H and O–H groups in total. The summed E-state index contributed by atoms with van der Waals surface area (Å²) in [4.78, 5) is 28.3. The van der Waals surface area contributed by atoms with Crippen LogP contribution in [0.15, 0.2) is 48.5 Å². The van der Waals surface area contributed by atoms with Crippen molar-refractivity contribution in [1.29, 1.82) is 0 Å². The molecule has 0 bridgehead atoms. The van der Waals surface area contributed by atoms with Crippen LogP contribution in [0.5, 0.6) is 0 Å². The number of halogens is 1. The zero-order valence-corrected chi connectivity index (χ0v) is 22.5. The lowest BCUT2D eigenvalue weighted by Gasteiger charge is -2.34. The van der Waals surface area contributed by atoms with Crippen molar-refractivity contribution in [3.63, 3.8) is 0 Å². The normalized spacial score (nSPS) is 12.3. The molecule has 0 heterocycles. The lowest BCUT2D eigenvalue weighted by molar-refractivity contribution is -0.140. The molecule has 0 radical (unpaired) electrons. The highest BCUT2D eigenvalue weighted by Gasteiger charge is 2.33. The van der Waals surface area contributed by atoms with Gasteiger partial charge < -0.3 is 10.2 Å². The molecule has 8 nitrogen and oxygen atoms in total. The van der Waals surface area contributed by atoms with Crippen LogP contribution in [-0.2, 0) is 26.3 Å². The maximum atomic E-state index is 13.8. The van der Waals surface area contributed by atoms with Crippen molar-refractivity contribution < 1.29 is 22.4 Å². The van der Waals surface area contributed by atoms with Crippen LogP contribution in [0.3, 0.4) is 0 Å². The van der Waals surface area contributed by atoms with Crippen molar-refractivity contribution in [3.8, 4) is 0 Å². The number of unbranched alkanes of at least 4 members (excludes halogenated alkanes) is 1. The maximum Gasteiger partial charge on any atom is 0.304 e. The number of benzene rings is 2. The first-order valence-corrected chi connectivity index (χ1v) is 13.5. The van der Waals surface area contributed by atoms with Crippen LogP contribution < -0.4 is 9.62 Å². The molecule has 0 aliphatic carbocycles. The topological polar surface area (TPSA) is 90.0 Å². The first-order chi connectivity index (χ1) is 17.0. The van der Waals surface area contributed by atoms with Gasteiger partial charge in [-0.1, -0.05) is 44.5 Å².